The Balaban J connectivity index is 0.00000300. The minimum atomic E-state index is 0.00239. The maximum atomic E-state index is 5.87. The summed E-state index contributed by atoms with van der Waals surface area (Å²) in [6.45, 7) is 32.0. The van der Waals surface area contributed by atoms with Crippen molar-refractivity contribution in [2.24, 2.45) is 5.41 Å². The second-order valence-corrected chi connectivity index (χ2v) is 26.1. The first-order valence-corrected chi connectivity index (χ1v) is 32.2. The third-order valence-electron chi connectivity index (χ3n) is 17.5. The normalized spacial score (nSPS) is 13.6. The van der Waals surface area contributed by atoms with Gasteiger partial charge in [-0.2, -0.15) is 0 Å². The molecule has 0 unspecified atom stereocenters. The van der Waals surface area contributed by atoms with Crippen molar-refractivity contribution in [3.63, 3.8) is 0 Å². The van der Waals surface area contributed by atoms with E-state index >= 15 is 0 Å². The van der Waals surface area contributed by atoms with E-state index in [4.69, 9.17) is 9.97 Å². The Morgan fingerprint density at radius 1 is 0.429 bits per heavy atom. The molecule has 1 aromatic heterocycles. The highest BCUT2D eigenvalue weighted by Gasteiger charge is 2.43. The van der Waals surface area contributed by atoms with Gasteiger partial charge in [-0.05, 0) is 129 Å². The lowest BCUT2D eigenvalue weighted by Crippen LogP contribution is -2.26. The average Bonchev–Trinajstić information content (AvgIpc) is 2.80. The van der Waals surface area contributed by atoms with Crippen molar-refractivity contribution in [1.29, 1.82) is 0 Å². The van der Waals surface area contributed by atoms with Crippen LogP contribution in [0.25, 0.3) is 83.6 Å². The first-order valence-electron chi connectivity index (χ1n) is 32.2. The molecule has 2 heteroatoms. The van der Waals surface area contributed by atoms with Crippen molar-refractivity contribution in [1.82, 2.24) is 9.97 Å². The van der Waals surface area contributed by atoms with Gasteiger partial charge >= 0.3 is 0 Å². The van der Waals surface area contributed by atoms with Crippen LogP contribution in [0.3, 0.4) is 0 Å². The lowest BCUT2D eigenvalue weighted by molar-refractivity contribution is 0.400. The number of benzene rings is 7. The largest absolute Gasteiger partial charge is 0.243 e. The fraction of sp³-hybridized carbons (Fsp3) is 0.366. The van der Waals surface area contributed by atoms with Crippen molar-refractivity contribution in [3.8, 4) is 55.9 Å². The molecule has 84 heavy (non-hydrogen) atoms. The standard InChI is InChI=1S/C79H90N2.C3H8/c1-13-16-18-26-51-79(52-27-19-17-14-2)71-53-65(45-47-69(71)70-48-46-66(54-72(70)79)78(10,11)12)55(4)34-36-62(28-15-3)68-50-49-67(56(5)33-35-57(6)77(7,8)9)75-76(68)81-74(64-43-39-61(40-44-64)59-31-24-21-25-32-59)73(80-75)63-41-37-60(38-42-63)58-29-22-20-23-30-58;1-3-2/h20-25,29-50,53-54H,13-19,26-28,51-52H2,1-12H3;3H2,1-2H3/b55-34+,56-33+,57-35+,62-36+;. The van der Waals surface area contributed by atoms with Crippen molar-refractivity contribution in [2.75, 3.05) is 0 Å². The van der Waals surface area contributed by atoms with E-state index in [0.29, 0.717) is 0 Å². The van der Waals surface area contributed by atoms with E-state index in [1.165, 1.54) is 132 Å². The van der Waals surface area contributed by atoms with E-state index in [1.807, 2.05) is 0 Å². The maximum absolute atomic E-state index is 5.87. The fourth-order valence-electron chi connectivity index (χ4n) is 12.1. The van der Waals surface area contributed by atoms with Crippen molar-refractivity contribution in [3.05, 3.63) is 221 Å². The zero-order valence-electron chi connectivity index (χ0n) is 53.9. The predicted molar refractivity (Wildman–Crippen MR) is 370 cm³/mol. The molecule has 0 saturated carbocycles. The van der Waals surface area contributed by atoms with Gasteiger partial charge in [0.05, 0.1) is 22.4 Å². The van der Waals surface area contributed by atoms with Gasteiger partial charge in [0.1, 0.15) is 0 Å². The van der Waals surface area contributed by atoms with Gasteiger partial charge < -0.3 is 0 Å². The molecule has 0 spiro atoms. The second-order valence-electron chi connectivity index (χ2n) is 26.1. The third-order valence-corrected chi connectivity index (χ3v) is 17.5. The number of unbranched alkanes of at least 4 members (excludes halogenated alkanes) is 6. The Hall–Kier alpha value is -7.16. The van der Waals surface area contributed by atoms with E-state index in [2.05, 4.69) is 279 Å². The first-order chi connectivity index (χ1) is 40.5. The summed E-state index contributed by atoms with van der Waals surface area (Å²) in [5.74, 6) is 0. The predicted octanol–water partition coefficient (Wildman–Crippen LogP) is 24.9. The van der Waals surface area contributed by atoms with E-state index in [0.717, 1.165) is 63.1 Å². The zero-order valence-corrected chi connectivity index (χ0v) is 53.9. The summed E-state index contributed by atoms with van der Waals surface area (Å²) >= 11 is 0. The van der Waals surface area contributed by atoms with Crippen molar-refractivity contribution >= 4 is 27.8 Å². The van der Waals surface area contributed by atoms with E-state index in [1.54, 1.807) is 11.1 Å². The highest BCUT2D eigenvalue weighted by molar-refractivity contribution is 5.99. The lowest BCUT2D eigenvalue weighted by atomic mass is 9.69. The van der Waals surface area contributed by atoms with E-state index in [9.17, 15) is 0 Å². The Bertz CT molecular complexity index is 3580. The van der Waals surface area contributed by atoms with Gasteiger partial charge in [-0.1, -0.05) is 322 Å². The maximum Gasteiger partial charge on any atom is 0.0976 e. The summed E-state index contributed by atoms with van der Waals surface area (Å²) in [5.41, 5.74) is 26.5. The molecule has 0 atom stereocenters. The van der Waals surface area contributed by atoms with Crippen LogP contribution in [-0.2, 0) is 10.8 Å². The Labute approximate surface area is 508 Å². The molecule has 436 valence electrons. The van der Waals surface area contributed by atoms with Gasteiger partial charge in [0.2, 0.25) is 0 Å². The molecule has 0 amide bonds. The summed E-state index contributed by atoms with van der Waals surface area (Å²) < 4.78 is 0. The summed E-state index contributed by atoms with van der Waals surface area (Å²) in [6.07, 6.45) is 25.1. The van der Waals surface area contributed by atoms with Crippen LogP contribution >= 0.6 is 0 Å². The SMILES string of the molecule is CCC.CCCCCCC1(CCCCCC)c2cc(/C(C)=C/C=C(\CCC)c3ccc(/C(C)=C/C=C(\C)C(C)(C)C)c4nc(-c5ccc(-c6ccccc6)cc5)c(-c5ccc(-c6ccccc6)cc5)nc34)ccc2-c2ccc(C(C)(C)C)cc21. The summed E-state index contributed by atoms with van der Waals surface area (Å²) in [6, 6.07) is 58.7. The number of rotatable bonds is 21. The fourth-order valence-corrected chi connectivity index (χ4v) is 12.1. The van der Waals surface area contributed by atoms with Crippen molar-refractivity contribution < 1.29 is 0 Å². The zero-order chi connectivity index (χ0) is 60.0. The van der Waals surface area contributed by atoms with Gasteiger partial charge in [0.25, 0.3) is 0 Å². The topological polar surface area (TPSA) is 25.8 Å². The minimum Gasteiger partial charge on any atom is -0.243 e. The number of hydrogen-bond acceptors (Lipinski definition) is 2. The third kappa shape index (κ3) is 14.7. The molecule has 0 bridgehead atoms. The number of hydrogen-bond donors (Lipinski definition) is 0. The molecular formula is C82H98N2. The molecule has 2 nitrogen and oxygen atoms in total. The van der Waals surface area contributed by atoms with Crippen LogP contribution in [0.15, 0.2) is 188 Å². The molecule has 0 N–H and O–H groups in total. The molecule has 8 aromatic rings. The number of fused-ring (bicyclic) bond motifs is 4. The molecule has 0 saturated heterocycles. The van der Waals surface area contributed by atoms with E-state index < -0.39 is 0 Å². The molecule has 1 heterocycles. The van der Waals surface area contributed by atoms with Gasteiger partial charge in [0, 0.05) is 27.7 Å². The summed E-state index contributed by atoms with van der Waals surface area (Å²) in [5, 5.41) is 0. The van der Waals surface area contributed by atoms with Crippen LogP contribution in [0, 0.1) is 5.41 Å². The quantitative estimate of drug-likeness (QED) is 0.0529. The summed E-state index contributed by atoms with van der Waals surface area (Å²) in [4.78, 5) is 11.7. The van der Waals surface area contributed by atoms with Crippen LogP contribution in [-0.4, -0.2) is 9.97 Å². The minimum absolute atomic E-state index is 0.00239. The molecular weight excluding hydrogens is 1010 g/mol. The van der Waals surface area contributed by atoms with Gasteiger partial charge in [-0.25, -0.2) is 9.97 Å². The van der Waals surface area contributed by atoms with Gasteiger partial charge in [0.15, 0.2) is 0 Å². The van der Waals surface area contributed by atoms with Crippen molar-refractivity contribution in [2.45, 2.75) is 191 Å². The monoisotopic (exact) mass is 1110 g/mol. The Morgan fingerprint density at radius 3 is 1.37 bits per heavy atom. The lowest BCUT2D eigenvalue weighted by Gasteiger charge is -2.34. The molecule has 1 aliphatic carbocycles. The highest BCUT2D eigenvalue weighted by Crippen LogP contribution is 2.56. The van der Waals surface area contributed by atoms with Gasteiger partial charge in [-0.3, -0.25) is 0 Å². The number of aromatic nitrogens is 2. The highest BCUT2D eigenvalue weighted by atomic mass is 14.8. The molecule has 0 radical (unpaired) electrons. The van der Waals surface area contributed by atoms with Crippen LogP contribution in [0.2, 0.25) is 0 Å². The van der Waals surface area contributed by atoms with Crippen LogP contribution in [0.5, 0.6) is 0 Å². The number of allylic oxidation sites excluding steroid dienone is 8. The van der Waals surface area contributed by atoms with E-state index in [-0.39, 0.29) is 16.2 Å². The molecule has 1 aliphatic rings. The van der Waals surface area contributed by atoms with Gasteiger partial charge in [-0.15, -0.1) is 0 Å². The average molecular weight is 1110 g/mol. The first kappa shape index (κ1) is 62.9. The van der Waals surface area contributed by atoms with Crippen LogP contribution < -0.4 is 0 Å². The molecule has 0 fully saturated rings. The molecule has 0 aliphatic heterocycles. The van der Waals surface area contributed by atoms with Crippen LogP contribution in [0.4, 0.5) is 0 Å². The molecule has 7 aromatic carbocycles. The molecule has 9 rings (SSSR count). The number of nitrogens with zero attached hydrogens (tertiary/aromatic N) is 2. The Morgan fingerprint density at radius 2 is 0.881 bits per heavy atom. The second kappa shape index (κ2) is 28.6. The van der Waals surface area contributed by atoms with Crippen LogP contribution in [0.1, 0.15) is 214 Å². The summed E-state index contributed by atoms with van der Waals surface area (Å²) in [7, 11) is 0. The smallest absolute Gasteiger partial charge is 0.0976 e. The Kier molecular flexibility index (Phi) is 21.4.